The van der Waals surface area contributed by atoms with Gasteiger partial charge in [0.1, 0.15) is 19.3 Å². The van der Waals surface area contributed by atoms with Crippen LogP contribution in [0.2, 0.25) is 0 Å². The highest BCUT2D eigenvalue weighted by atomic mass is 31.2. The fraction of sp³-hybridized carbons (Fsp3) is 0.955. The minimum Gasteiger partial charge on any atom is -0.462 e. The lowest BCUT2D eigenvalue weighted by Gasteiger charge is -2.21. The Hall–Kier alpha value is -1.94. The Morgan fingerprint density at radius 1 is 0.271 bits per heavy atom. The summed E-state index contributed by atoms with van der Waals surface area (Å²) in [7, 11) is -9.93. The van der Waals surface area contributed by atoms with Crippen LogP contribution in [-0.4, -0.2) is 96.7 Å². The second-order valence-electron chi connectivity index (χ2n) is 32.6. The van der Waals surface area contributed by atoms with Gasteiger partial charge in [-0.05, 0) is 43.4 Å². The fourth-order valence-corrected chi connectivity index (χ4v) is 15.2. The molecule has 0 amide bonds. The van der Waals surface area contributed by atoms with Gasteiger partial charge >= 0.3 is 39.5 Å². The molecule has 0 aromatic carbocycles. The average Bonchev–Trinajstić information content (AvgIpc) is 0.900. The van der Waals surface area contributed by atoms with Crippen LogP contribution >= 0.6 is 15.6 Å². The second-order valence-corrected chi connectivity index (χ2v) is 35.5. The van der Waals surface area contributed by atoms with Gasteiger partial charge in [0.25, 0.3) is 0 Å². The molecule has 0 spiro atoms. The molecule has 0 fully saturated rings. The molecule has 0 radical (unpaired) electrons. The van der Waals surface area contributed by atoms with Crippen LogP contribution in [0.3, 0.4) is 0 Å². The summed E-state index contributed by atoms with van der Waals surface area (Å²) in [6, 6.07) is 0. The van der Waals surface area contributed by atoms with Gasteiger partial charge in [0.15, 0.2) is 12.2 Å². The van der Waals surface area contributed by atoms with Crippen molar-refractivity contribution < 1.29 is 80.2 Å². The van der Waals surface area contributed by atoms with Crippen LogP contribution in [-0.2, 0) is 65.4 Å². The van der Waals surface area contributed by atoms with Crippen molar-refractivity contribution in [2.24, 2.45) is 17.8 Å². The largest absolute Gasteiger partial charge is 0.472 e. The van der Waals surface area contributed by atoms with Crippen molar-refractivity contribution in [3.63, 3.8) is 0 Å². The smallest absolute Gasteiger partial charge is 0.462 e. The summed E-state index contributed by atoms with van der Waals surface area (Å²) in [6.07, 6.45) is 69.2. The summed E-state index contributed by atoms with van der Waals surface area (Å²) in [5.41, 5.74) is 0. The number of hydrogen-bond acceptors (Lipinski definition) is 15. The van der Waals surface area contributed by atoms with E-state index in [9.17, 15) is 43.2 Å². The fourth-order valence-electron chi connectivity index (χ4n) is 13.7. The molecule has 107 heavy (non-hydrogen) atoms. The van der Waals surface area contributed by atoms with Crippen LogP contribution in [0.25, 0.3) is 0 Å². The maximum absolute atomic E-state index is 13.2. The topological polar surface area (TPSA) is 237 Å². The lowest BCUT2D eigenvalue weighted by molar-refractivity contribution is -0.161. The third-order valence-electron chi connectivity index (χ3n) is 21.4. The summed E-state index contributed by atoms with van der Waals surface area (Å²) < 4.78 is 69.0. The van der Waals surface area contributed by atoms with Crippen molar-refractivity contribution in [3.05, 3.63) is 0 Å². The van der Waals surface area contributed by atoms with Crippen molar-refractivity contribution in [3.8, 4) is 0 Å². The molecule has 4 unspecified atom stereocenters. The van der Waals surface area contributed by atoms with Gasteiger partial charge in [0.2, 0.25) is 0 Å². The van der Waals surface area contributed by atoms with Gasteiger partial charge < -0.3 is 33.8 Å². The van der Waals surface area contributed by atoms with Gasteiger partial charge in [0, 0.05) is 25.7 Å². The minimum absolute atomic E-state index is 0.107. The number of phosphoric ester groups is 2. The molecule has 636 valence electrons. The van der Waals surface area contributed by atoms with Crippen LogP contribution in [0, 0.1) is 17.8 Å². The average molecular weight is 1560 g/mol. The number of carbonyl (C=O) groups is 4. The normalized spacial score (nSPS) is 14.3. The number of unbranched alkanes of at least 4 members (excludes halogenated alkanes) is 52. The van der Waals surface area contributed by atoms with Gasteiger partial charge in [-0.1, -0.05) is 414 Å². The summed E-state index contributed by atoms with van der Waals surface area (Å²) in [5.74, 6) is 0.386. The molecule has 7 atom stereocenters. The highest BCUT2D eigenvalue weighted by Crippen LogP contribution is 2.45. The first-order valence-electron chi connectivity index (χ1n) is 45.4. The Balaban J connectivity index is 5.25. The van der Waals surface area contributed by atoms with Gasteiger partial charge in [-0.15, -0.1) is 0 Å². The van der Waals surface area contributed by atoms with Crippen LogP contribution in [0.4, 0.5) is 0 Å². The van der Waals surface area contributed by atoms with Crippen molar-refractivity contribution in [2.45, 2.75) is 484 Å². The molecule has 0 bridgehead atoms. The van der Waals surface area contributed by atoms with Crippen LogP contribution in [0.15, 0.2) is 0 Å². The Morgan fingerprint density at radius 3 is 0.710 bits per heavy atom. The number of aliphatic hydroxyl groups is 1. The van der Waals surface area contributed by atoms with Gasteiger partial charge in [-0.3, -0.25) is 37.3 Å². The molecule has 17 nitrogen and oxygen atoms in total. The third-order valence-corrected chi connectivity index (χ3v) is 23.3. The Bertz CT molecular complexity index is 2060. The van der Waals surface area contributed by atoms with E-state index < -0.39 is 97.5 Å². The van der Waals surface area contributed by atoms with E-state index in [1.807, 2.05) is 0 Å². The third kappa shape index (κ3) is 79.1. The first kappa shape index (κ1) is 105. The summed E-state index contributed by atoms with van der Waals surface area (Å²) in [6.45, 7) is 12.1. The Morgan fingerprint density at radius 2 is 0.477 bits per heavy atom. The van der Waals surface area contributed by atoms with E-state index in [1.165, 1.54) is 276 Å². The summed E-state index contributed by atoms with van der Waals surface area (Å²) in [4.78, 5) is 73.3. The number of ether oxygens (including phenoxy) is 4. The predicted molar refractivity (Wildman–Crippen MR) is 441 cm³/mol. The molecule has 0 saturated heterocycles. The van der Waals surface area contributed by atoms with E-state index in [0.717, 1.165) is 108 Å². The number of carbonyl (C=O) groups excluding carboxylic acids is 4. The first-order chi connectivity index (χ1) is 51.8. The lowest BCUT2D eigenvalue weighted by atomic mass is 9.99. The van der Waals surface area contributed by atoms with Crippen molar-refractivity contribution in [1.82, 2.24) is 0 Å². The van der Waals surface area contributed by atoms with Crippen LogP contribution < -0.4 is 0 Å². The molecule has 0 rings (SSSR count). The second kappa shape index (κ2) is 78.0. The van der Waals surface area contributed by atoms with E-state index >= 15 is 0 Å². The van der Waals surface area contributed by atoms with Crippen LogP contribution in [0.5, 0.6) is 0 Å². The molecule has 0 aliphatic heterocycles. The maximum Gasteiger partial charge on any atom is 0.472 e. The SMILES string of the molecule is CCCCCCCCCCCCCCCC(=O)OC[C@H](COP(=O)(O)OC[C@H](O)COP(=O)(O)OC[C@@H](COC(=O)CCCCCCCCCCCCCCCCC(C)CC)OC(=O)CCCCCCCCCCCCCCCCCCCCC(C)CC)OC(=O)CCCCCCCCCCCCCC(C)C. The first-order valence-corrected chi connectivity index (χ1v) is 48.4. The lowest BCUT2D eigenvalue weighted by Crippen LogP contribution is -2.30. The molecule has 0 aliphatic carbocycles. The molecule has 3 N–H and O–H groups in total. The highest BCUT2D eigenvalue weighted by molar-refractivity contribution is 7.47. The van der Waals surface area contributed by atoms with Crippen LogP contribution in [0.1, 0.15) is 466 Å². The van der Waals surface area contributed by atoms with Gasteiger partial charge in [-0.25, -0.2) is 9.13 Å². The molecule has 0 aliphatic rings. The van der Waals surface area contributed by atoms with E-state index in [-0.39, 0.29) is 25.7 Å². The number of esters is 4. The van der Waals surface area contributed by atoms with E-state index in [0.29, 0.717) is 25.7 Å². The van der Waals surface area contributed by atoms with E-state index in [2.05, 4.69) is 48.5 Å². The number of aliphatic hydroxyl groups excluding tert-OH is 1. The number of rotatable bonds is 86. The molecule has 0 saturated carbocycles. The Kier molecular flexibility index (Phi) is 76.6. The van der Waals surface area contributed by atoms with Crippen molar-refractivity contribution in [2.75, 3.05) is 39.6 Å². The molecule has 0 aromatic rings. The number of phosphoric acid groups is 2. The zero-order valence-electron chi connectivity index (χ0n) is 70.6. The molecular formula is C88H172O17P2. The van der Waals surface area contributed by atoms with Gasteiger partial charge in [-0.2, -0.15) is 0 Å². The minimum atomic E-state index is -4.97. The van der Waals surface area contributed by atoms with Gasteiger partial charge in [0.05, 0.1) is 26.4 Å². The Labute approximate surface area is 658 Å². The molecule has 0 heterocycles. The zero-order chi connectivity index (χ0) is 78.6. The monoisotopic (exact) mass is 1560 g/mol. The molecule has 0 aromatic heterocycles. The molecule has 19 heteroatoms. The zero-order valence-corrected chi connectivity index (χ0v) is 72.4. The van der Waals surface area contributed by atoms with E-state index in [1.54, 1.807) is 0 Å². The summed E-state index contributed by atoms with van der Waals surface area (Å²) >= 11 is 0. The maximum atomic E-state index is 13.2. The van der Waals surface area contributed by atoms with Crippen molar-refractivity contribution in [1.29, 1.82) is 0 Å². The quantitative estimate of drug-likeness (QED) is 0.0222. The number of hydrogen-bond donors (Lipinski definition) is 3. The standard InChI is InChI=1S/C88H172O17P2/c1-8-11-12-13-14-15-16-25-34-41-48-55-62-69-85(90)98-76-84(105-88(93)72-65-58-51-44-37-30-31-38-45-52-59-66-79(4)5)78-103-107(96,97)101-74-82(89)73-100-106(94,95)102-77-83(75-99-86(91)70-63-56-49-42-35-28-24-23-27-33-40-47-54-61-68-81(7)10-3)104-87(92)71-64-57-50-43-36-29-22-20-18-17-19-21-26-32-39-46-53-60-67-80(6)9-2/h79-84,89H,8-78H2,1-7H3,(H,94,95)(H,96,97)/t80?,81?,82-,83-,84-/m1/s1. The van der Waals surface area contributed by atoms with Crippen molar-refractivity contribution >= 4 is 39.5 Å². The highest BCUT2D eigenvalue weighted by Gasteiger charge is 2.31. The predicted octanol–water partition coefficient (Wildman–Crippen LogP) is 26.9. The summed E-state index contributed by atoms with van der Waals surface area (Å²) in [5, 5.41) is 10.7. The molecular weight excluding hydrogens is 1390 g/mol. The van der Waals surface area contributed by atoms with E-state index in [4.69, 9.17) is 37.0 Å².